The number of anilines is 1. The number of aromatic nitrogens is 1. The number of carbonyl (C=O) groups is 1. The lowest BCUT2D eigenvalue weighted by molar-refractivity contribution is -0.118. The second kappa shape index (κ2) is 9.10. The number of benzene rings is 1. The van der Waals surface area contributed by atoms with Crippen molar-refractivity contribution in [3.8, 4) is 12.1 Å². The molecule has 0 aliphatic heterocycles. The maximum atomic E-state index is 12.0. The van der Waals surface area contributed by atoms with Gasteiger partial charge in [0, 0.05) is 11.6 Å². The Balaban J connectivity index is 1.92. The van der Waals surface area contributed by atoms with E-state index in [0.29, 0.717) is 28.6 Å². The lowest BCUT2D eigenvalue weighted by Gasteiger charge is -2.09. The van der Waals surface area contributed by atoms with E-state index >= 15 is 0 Å². The molecule has 0 saturated carbocycles. The highest BCUT2D eigenvalue weighted by molar-refractivity contribution is 8.00. The number of hydrogen-bond donors (Lipinski definition) is 2. The standard InChI is InChI=1S/C18H16ClN5OS/c1-11-14(8-20)17(22)24-18(15(11)9-21)26-10-16(25)23-7-6-12-2-4-13(19)5-3-12/h2-5H,6-7,10H2,1H3,(H2,22,24)(H,23,25). The van der Waals surface area contributed by atoms with Gasteiger partial charge in [-0.1, -0.05) is 35.5 Å². The lowest BCUT2D eigenvalue weighted by Crippen LogP contribution is -2.27. The third-order valence-electron chi connectivity index (χ3n) is 3.65. The van der Waals surface area contributed by atoms with Gasteiger partial charge < -0.3 is 11.1 Å². The Hall–Kier alpha value is -2.74. The zero-order valence-electron chi connectivity index (χ0n) is 14.0. The highest BCUT2D eigenvalue weighted by Gasteiger charge is 2.16. The molecule has 3 N–H and O–H groups in total. The number of amides is 1. The molecule has 132 valence electrons. The number of pyridine rings is 1. The number of nitrogens with two attached hydrogens (primary N) is 1. The summed E-state index contributed by atoms with van der Waals surface area (Å²) in [7, 11) is 0. The first kappa shape index (κ1) is 19.6. The third-order valence-corrected chi connectivity index (χ3v) is 4.88. The van der Waals surface area contributed by atoms with Crippen molar-refractivity contribution in [2.45, 2.75) is 18.4 Å². The topological polar surface area (TPSA) is 116 Å². The summed E-state index contributed by atoms with van der Waals surface area (Å²) >= 11 is 6.96. The fraction of sp³-hybridized carbons (Fsp3) is 0.222. The summed E-state index contributed by atoms with van der Waals surface area (Å²) in [4.78, 5) is 16.1. The van der Waals surface area contributed by atoms with E-state index < -0.39 is 0 Å². The van der Waals surface area contributed by atoms with Crippen molar-refractivity contribution < 1.29 is 4.79 Å². The zero-order valence-corrected chi connectivity index (χ0v) is 15.6. The minimum absolute atomic E-state index is 0.0645. The molecule has 0 fully saturated rings. The Labute approximate surface area is 161 Å². The molecule has 1 aromatic carbocycles. The SMILES string of the molecule is Cc1c(C#N)c(N)nc(SCC(=O)NCCc2ccc(Cl)cc2)c1C#N. The van der Waals surface area contributed by atoms with Crippen LogP contribution < -0.4 is 11.1 Å². The Morgan fingerprint density at radius 2 is 1.92 bits per heavy atom. The van der Waals surface area contributed by atoms with Crippen molar-refractivity contribution in [2.24, 2.45) is 0 Å². The summed E-state index contributed by atoms with van der Waals surface area (Å²) in [5.41, 5.74) is 7.77. The van der Waals surface area contributed by atoms with Gasteiger partial charge in [-0.3, -0.25) is 4.79 Å². The van der Waals surface area contributed by atoms with Gasteiger partial charge in [0.25, 0.3) is 0 Å². The summed E-state index contributed by atoms with van der Waals surface area (Å²) < 4.78 is 0. The van der Waals surface area contributed by atoms with Crippen LogP contribution in [-0.4, -0.2) is 23.2 Å². The summed E-state index contributed by atoms with van der Waals surface area (Å²) in [5.74, 6) is -0.00234. The normalized spacial score (nSPS) is 10.0. The molecule has 0 unspecified atom stereocenters. The van der Waals surface area contributed by atoms with Gasteiger partial charge in [0.05, 0.1) is 16.9 Å². The number of nitriles is 2. The maximum absolute atomic E-state index is 12.0. The summed E-state index contributed by atoms with van der Waals surface area (Å²) in [6.45, 7) is 2.14. The molecule has 6 nitrogen and oxygen atoms in total. The first-order valence-electron chi connectivity index (χ1n) is 7.70. The van der Waals surface area contributed by atoms with Crippen molar-refractivity contribution >= 4 is 35.1 Å². The average Bonchev–Trinajstić information content (AvgIpc) is 2.62. The Morgan fingerprint density at radius 1 is 1.27 bits per heavy atom. The molecule has 0 saturated heterocycles. The number of nitrogens with one attached hydrogen (secondary N) is 1. The summed E-state index contributed by atoms with van der Waals surface area (Å²) in [6, 6.07) is 11.4. The molecule has 1 aromatic heterocycles. The van der Waals surface area contributed by atoms with Gasteiger partial charge in [-0.2, -0.15) is 10.5 Å². The van der Waals surface area contributed by atoms with Gasteiger partial charge in [0.15, 0.2) is 0 Å². The Bertz CT molecular complexity index is 900. The number of carbonyl (C=O) groups excluding carboxylic acids is 1. The highest BCUT2D eigenvalue weighted by atomic mass is 35.5. The lowest BCUT2D eigenvalue weighted by atomic mass is 10.1. The molecule has 8 heteroatoms. The number of thioether (sulfide) groups is 1. The van der Waals surface area contributed by atoms with E-state index in [4.69, 9.17) is 22.6 Å². The molecule has 0 spiro atoms. The van der Waals surface area contributed by atoms with Gasteiger partial charge in [-0.05, 0) is 36.6 Å². The minimum atomic E-state index is -0.171. The molecule has 2 rings (SSSR count). The van der Waals surface area contributed by atoms with Crippen LogP contribution in [0.1, 0.15) is 22.3 Å². The van der Waals surface area contributed by atoms with Crippen molar-refractivity contribution in [3.05, 3.63) is 51.5 Å². The first-order chi connectivity index (χ1) is 12.5. The van der Waals surface area contributed by atoms with E-state index in [0.717, 1.165) is 17.3 Å². The zero-order chi connectivity index (χ0) is 19.1. The minimum Gasteiger partial charge on any atom is -0.383 e. The average molecular weight is 386 g/mol. The summed E-state index contributed by atoms with van der Waals surface area (Å²) in [6.07, 6.45) is 0.693. The van der Waals surface area contributed by atoms with E-state index in [-0.39, 0.29) is 28.6 Å². The van der Waals surface area contributed by atoms with E-state index in [2.05, 4.69) is 10.3 Å². The smallest absolute Gasteiger partial charge is 0.230 e. The third kappa shape index (κ3) is 4.89. The van der Waals surface area contributed by atoms with Crippen molar-refractivity contribution in [1.29, 1.82) is 10.5 Å². The number of nitrogens with zero attached hydrogens (tertiary/aromatic N) is 3. The van der Waals surface area contributed by atoms with Crippen LogP contribution in [0.3, 0.4) is 0 Å². The van der Waals surface area contributed by atoms with Gasteiger partial charge >= 0.3 is 0 Å². The van der Waals surface area contributed by atoms with Gasteiger partial charge in [0.1, 0.15) is 23.0 Å². The van der Waals surface area contributed by atoms with E-state index in [9.17, 15) is 10.1 Å². The fourth-order valence-electron chi connectivity index (χ4n) is 2.26. The van der Waals surface area contributed by atoms with Crippen molar-refractivity contribution in [2.75, 3.05) is 18.0 Å². The quantitative estimate of drug-likeness (QED) is 0.738. The predicted molar refractivity (Wildman–Crippen MR) is 102 cm³/mol. The molecular formula is C18H16ClN5OS. The van der Waals surface area contributed by atoms with Crippen LogP contribution in [0, 0.1) is 29.6 Å². The van der Waals surface area contributed by atoms with Gasteiger partial charge in [-0.15, -0.1) is 0 Å². The van der Waals surface area contributed by atoms with Crippen LogP contribution >= 0.6 is 23.4 Å². The second-order valence-electron chi connectivity index (χ2n) is 5.42. The van der Waals surface area contributed by atoms with Crippen molar-refractivity contribution in [3.63, 3.8) is 0 Å². The maximum Gasteiger partial charge on any atom is 0.230 e. The first-order valence-corrected chi connectivity index (χ1v) is 9.06. The van der Waals surface area contributed by atoms with Crippen LogP contribution in [-0.2, 0) is 11.2 Å². The summed E-state index contributed by atoms with van der Waals surface area (Å²) in [5, 5.41) is 22.2. The van der Waals surface area contributed by atoms with Crippen molar-refractivity contribution in [1.82, 2.24) is 10.3 Å². The predicted octanol–water partition coefficient (Wildman–Crippen LogP) is 2.82. The number of halogens is 1. The Kier molecular flexibility index (Phi) is 6.85. The number of nitrogen functional groups attached to an aromatic ring is 1. The molecule has 1 heterocycles. The molecule has 1 amide bonds. The van der Waals surface area contributed by atoms with Crippen LogP contribution in [0.5, 0.6) is 0 Å². The largest absolute Gasteiger partial charge is 0.383 e. The van der Waals surface area contributed by atoms with Crippen LogP contribution in [0.15, 0.2) is 29.3 Å². The number of rotatable bonds is 6. The fourth-order valence-corrected chi connectivity index (χ4v) is 3.26. The van der Waals surface area contributed by atoms with E-state index in [1.165, 1.54) is 0 Å². The number of hydrogen-bond acceptors (Lipinski definition) is 6. The molecule has 0 bridgehead atoms. The monoisotopic (exact) mass is 385 g/mol. The van der Waals surface area contributed by atoms with Crippen LogP contribution in [0.4, 0.5) is 5.82 Å². The molecule has 0 aliphatic rings. The van der Waals surface area contributed by atoms with E-state index in [1.807, 2.05) is 24.3 Å². The molecule has 0 atom stereocenters. The molecule has 2 aromatic rings. The molecule has 0 radical (unpaired) electrons. The van der Waals surface area contributed by atoms with Crippen LogP contribution in [0.25, 0.3) is 0 Å². The molecular weight excluding hydrogens is 370 g/mol. The highest BCUT2D eigenvalue weighted by Crippen LogP contribution is 2.27. The molecule has 26 heavy (non-hydrogen) atoms. The van der Waals surface area contributed by atoms with Gasteiger partial charge in [-0.25, -0.2) is 4.98 Å². The van der Waals surface area contributed by atoms with Crippen LogP contribution in [0.2, 0.25) is 5.02 Å². The molecule has 0 aliphatic carbocycles. The van der Waals surface area contributed by atoms with E-state index in [1.54, 1.807) is 19.1 Å². The second-order valence-corrected chi connectivity index (χ2v) is 6.82. The Morgan fingerprint density at radius 3 is 2.54 bits per heavy atom. The van der Waals surface area contributed by atoms with Gasteiger partial charge in [0.2, 0.25) is 5.91 Å².